The van der Waals surface area contributed by atoms with Crippen LogP contribution in [0.25, 0.3) is 11.2 Å². The van der Waals surface area contributed by atoms with Crippen molar-refractivity contribution in [2.45, 2.75) is 6.54 Å². The molecular formula is C25H18Cl2FN7O. The summed E-state index contributed by atoms with van der Waals surface area (Å²) in [6.45, 7) is 0.430. The molecule has 8 nitrogen and oxygen atoms in total. The lowest BCUT2D eigenvalue weighted by molar-refractivity contribution is 0.102. The maximum absolute atomic E-state index is 13.5. The fourth-order valence-electron chi connectivity index (χ4n) is 3.59. The van der Waals surface area contributed by atoms with Gasteiger partial charge >= 0.3 is 0 Å². The number of nitrogen functional groups attached to an aromatic ring is 1. The summed E-state index contributed by atoms with van der Waals surface area (Å²) in [7, 11) is 0. The van der Waals surface area contributed by atoms with Gasteiger partial charge in [0, 0.05) is 11.3 Å². The summed E-state index contributed by atoms with van der Waals surface area (Å²) in [5.41, 5.74) is 9.87. The molecule has 180 valence electrons. The Bertz CT molecular complexity index is 1590. The molecule has 0 radical (unpaired) electrons. The summed E-state index contributed by atoms with van der Waals surface area (Å²) in [5.74, 6) is -0.424. The standard InChI is InChI=1S/C25H18Cl2FN7O/c26-17-11-16(9-10-18(17)28)31-22-21-23(34-25(27)33-22)35(13-30-21)12-14-5-7-15(8-6-14)24(36)32-20-4-2-1-3-19(20)29/h1-11,13H,12,29H2,(H,32,36)(H,31,33,34). The van der Waals surface area contributed by atoms with E-state index in [-0.39, 0.29) is 16.2 Å². The number of nitrogens with one attached hydrogen (secondary N) is 2. The van der Waals surface area contributed by atoms with E-state index in [1.807, 2.05) is 16.7 Å². The monoisotopic (exact) mass is 521 g/mol. The summed E-state index contributed by atoms with van der Waals surface area (Å²) in [6, 6.07) is 18.4. The van der Waals surface area contributed by atoms with E-state index in [2.05, 4.69) is 25.6 Å². The van der Waals surface area contributed by atoms with Crippen LogP contribution in [0, 0.1) is 5.82 Å². The summed E-state index contributed by atoms with van der Waals surface area (Å²) < 4.78 is 15.3. The van der Waals surface area contributed by atoms with E-state index in [0.29, 0.717) is 46.2 Å². The number of amides is 1. The second kappa shape index (κ2) is 9.80. The fraction of sp³-hybridized carbons (Fsp3) is 0.0400. The first-order valence-electron chi connectivity index (χ1n) is 10.7. The van der Waals surface area contributed by atoms with Gasteiger partial charge in [0.25, 0.3) is 5.91 Å². The van der Waals surface area contributed by atoms with Gasteiger partial charge in [-0.15, -0.1) is 0 Å². The Kier molecular flexibility index (Phi) is 6.41. The second-order valence-corrected chi connectivity index (χ2v) is 8.62. The van der Waals surface area contributed by atoms with Gasteiger partial charge in [0.05, 0.1) is 29.3 Å². The minimum atomic E-state index is -0.523. The fourth-order valence-corrected chi connectivity index (χ4v) is 3.94. The number of halogens is 3. The molecule has 5 rings (SSSR count). The molecule has 1 amide bonds. The molecule has 0 atom stereocenters. The first-order chi connectivity index (χ1) is 17.4. The van der Waals surface area contributed by atoms with Gasteiger partial charge in [0.2, 0.25) is 5.28 Å². The third kappa shape index (κ3) is 4.93. The van der Waals surface area contributed by atoms with Gasteiger partial charge in [0.1, 0.15) is 5.82 Å². The number of hydrogen-bond acceptors (Lipinski definition) is 6. The minimum Gasteiger partial charge on any atom is -0.397 e. The van der Waals surface area contributed by atoms with Crippen molar-refractivity contribution in [3.63, 3.8) is 0 Å². The molecule has 11 heteroatoms. The Balaban J connectivity index is 1.35. The van der Waals surface area contributed by atoms with E-state index in [1.54, 1.807) is 42.7 Å². The van der Waals surface area contributed by atoms with Gasteiger partial charge in [-0.3, -0.25) is 4.79 Å². The molecule has 5 aromatic rings. The third-order valence-electron chi connectivity index (χ3n) is 5.40. The van der Waals surface area contributed by atoms with Crippen molar-refractivity contribution < 1.29 is 9.18 Å². The molecule has 0 aliphatic heterocycles. The van der Waals surface area contributed by atoms with Crippen molar-refractivity contribution in [1.82, 2.24) is 19.5 Å². The number of para-hydroxylation sites is 2. The van der Waals surface area contributed by atoms with Gasteiger partial charge in [-0.1, -0.05) is 35.9 Å². The zero-order valence-corrected chi connectivity index (χ0v) is 20.1. The molecule has 0 unspecified atom stereocenters. The molecule has 0 saturated heterocycles. The van der Waals surface area contributed by atoms with Gasteiger partial charge in [-0.05, 0) is 59.6 Å². The van der Waals surface area contributed by atoms with E-state index >= 15 is 0 Å². The van der Waals surface area contributed by atoms with Crippen LogP contribution in [0.2, 0.25) is 10.3 Å². The van der Waals surface area contributed by atoms with E-state index < -0.39 is 5.82 Å². The number of benzene rings is 3. The van der Waals surface area contributed by atoms with E-state index in [1.165, 1.54) is 18.2 Å². The highest BCUT2D eigenvalue weighted by atomic mass is 35.5. The van der Waals surface area contributed by atoms with Crippen LogP contribution in [-0.2, 0) is 6.54 Å². The molecule has 0 saturated carbocycles. The third-order valence-corrected chi connectivity index (χ3v) is 5.86. The average molecular weight is 522 g/mol. The summed E-state index contributed by atoms with van der Waals surface area (Å²) >= 11 is 12.0. The molecule has 2 heterocycles. The average Bonchev–Trinajstić information content (AvgIpc) is 3.26. The maximum Gasteiger partial charge on any atom is 0.255 e. The Morgan fingerprint density at radius 3 is 2.56 bits per heavy atom. The van der Waals surface area contributed by atoms with E-state index in [9.17, 15) is 9.18 Å². The normalized spacial score (nSPS) is 11.0. The zero-order valence-electron chi connectivity index (χ0n) is 18.5. The minimum absolute atomic E-state index is 0.0205. The lowest BCUT2D eigenvalue weighted by atomic mass is 10.1. The molecule has 0 aliphatic rings. The van der Waals surface area contributed by atoms with Gasteiger partial charge in [-0.25, -0.2) is 9.37 Å². The number of rotatable bonds is 6. The van der Waals surface area contributed by atoms with E-state index in [0.717, 1.165) is 5.56 Å². The summed E-state index contributed by atoms with van der Waals surface area (Å²) in [4.78, 5) is 25.5. The Labute approximate surface area is 214 Å². The van der Waals surface area contributed by atoms with E-state index in [4.69, 9.17) is 28.9 Å². The van der Waals surface area contributed by atoms with Crippen LogP contribution in [-0.4, -0.2) is 25.4 Å². The number of imidazole rings is 1. The molecule has 4 N–H and O–H groups in total. The molecular weight excluding hydrogens is 504 g/mol. The number of fused-ring (bicyclic) bond motifs is 1. The lowest BCUT2D eigenvalue weighted by Gasteiger charge is -2.10. The number of carbonyl (C=O) groups is 1. The largest absolute Gasteiger partial charge is 0.397 e. The van der Waals surface area contributed by atoms with Crippen LogP contribution in [0.5, 0.6) is 0 Å². The smallest absolute Gasteiger partial charge is 0.255 e. The van der Waals surface area contributed by atoms with Crippen molar-refractivity contribution in [3.8, 4) is 0 Å². The predicted molar refractivity (Wildman–Crippen MR) is 139 cm³/mol. The maximum atomic E-state index is 13.5. The summed E-state index contributed by atoms with van der Waals surface area (Å²) in [6.07, 6.45) is 1.62. The van der Waals surface area contributed by atoms with Gasteiger partial charge in [-0.2, -0.15) is 9.97 Å². The number of hydrogen-bond donors (Lipinski definition) is 3. The molecule has 2 aromatic heterocycles. The molecule has 36 heavy (non-hydrogen) atoms. The van der Waals surface area contributed by atoms with Crippen LogP contribution in [0.15, 0.2) is 73.1 Å². The Morgan fingerprint density at radius 1 is 1.03 bits per heavy atom. The SMILES string of the molecule is Nc1ccccc1NC(=O)c1ccc(Cn2cnc3c(Nc4ccc(F)c(Cl)c4)nc(Cl)nc32)cc1. The zero-order chi connectivity index (χ0) is 25.2. The number of nitrogens with zero attached hydrogens (tertiary/aromatic N) is 4. The van der Waals surface area contributed by atoms with Crippen molar-refractivity contribution in [2.24, 2.45) is 0 Å². The van der Waals surface area contributed by atoms with Crippen molar-refractivity contribution >= 4 is 63.2 Å². The van der Waals surface area contributed by atoms with Crippen LogP contribution in [0.4, 0.5) is 27.3 Å². The Morgan fingerprint density at radius 2 is 1.81 bits per heavy atom. The van der Waals surface area contributed by atoms with Crippen LogP contribution < -0.4 is 16.4 Å². The number of nitrogens with two attached hydrogens (primary N) is 1. The molecule has 0 fully saturated rings. The highest BCUT2D eigenvalue weighted by Gasteiger charge is 2.15. The lowest BCUT2D eigenvalue weighted by Crippen LogP contribution is -2.13. The number of anilines is 4. The molecule has 0 aliphatic carbocycles. The predicted octanol–water partition coefficient (Wildman–Crippen LogP) is 5.90. The van der Waals surface area contributed by atoms with Crippen molar-refractivity contribution in [1.29, 1.82) is 0 Å². The first kappa shape index (κ1) is 23.5. The highest BCUT2D eigenvalue weighted by Crippen LogP contribution is 2.27. The van der Waals surface area contributed by atoms with Crippen molar-refractivity contribution in [3.05, 3.63) is 100 Å². The van der Waals surface area contributed by atoms with Gasteiger partial charge < -0.3 is 20.9 Å². The number of aromatic nitrogens is 4. The second-order valence-electron chi connectivity index (χ2n) is 7.88. The highest BCUT2D eigenvalue weighted by molar-refractivity contribution is 6.31. The molecule has 3 aromatic carbocycles. The van der Waals surface area contributed by atoms with Crippen LogP contribution in [0.3, 0.4) is 0 Å². The summed E-state index contributed by atoms with van der Waals surface area (Å²) in [5, 5.41) is 5.87. The van der Waals surface area contributed by atoms with Crippen LogP contribution >= 0.6 is 23.2 Å². The molecule has 0 bridgehead atoms. The molecule has 0 spiro atoms. The number of carbonyl (C=O) groups excluding carboxylic acids is 1. The topological polar surface area (TPSA) is 111 Å². The first-order valence-corrected chi connectivity index (χ1v) is 11.5. The quantitative estimate of drug-likeness (QED) is 0.189. The Hall–Kier alpha value is -4.21. The van der Waals surface area contributed by atoms with Crippen LogP contribution in [0.1, 0.15) is 15.9 Å². The van der Waals surface area contributed by atoms with Crippen molar-refractivity contribution in [2.75, 3.05) is 16.4 Å². The van der Waals surface area contributed by atoms with Gasteiger partial charge in [0.15, 0.2) is 17.0 Å².